The Hall–Kier alpha value is -2.62. The fourth-order valence-electron chi connectivity index (χ4n) is 1.68. The van der Waals surface area contributed by atoms with Crippen molar-refractivity contribution in [3.8, 4) is 5.75 Å². The highest BCUT2D eigenvalue weighted by molar-refractivity contribution is 6.02. The summed E-state index contributed by atoms with van der Waals surface area (Å²) in [7, 11) is 1.42. The second kappa shape index (κ2) is 6.52. The van der Waals surface area contributed by atoms with E-state index in [1.807, 2.05) is 30.3 Å². The highest BCUT2D eigenvalue weighted by Crippen LogP contribution is 2.24. The van der Waals surface area contributed by atoms with Gasteiger partial charge in [0, 0.05) is 12.1 Å². The molecule has 0 saturated heterocycles. The molecule has 0 aliphatic carbocycles. The van der Waals surface area contributed by atoms with Crippen molar-refractivity contribution in [1.82, 2.24) is 0 Å². The Kier molecular flexibility index (Phi) is 4.50. The molecule has 0 saturated carbocycles. The van der Waals surface area contributed by atoms with E-state index in [1.54, 1.807) is 6.08 Å². The summed E-state index contributed by atoms with van der Waals surface area (Å²) in [6.45, 7) is 0. The quantitative estimate of drug-likeness (QED) is 0.864. The Balaban J connectivity index is 2.07. The molecule has 0 spiro atoms. The standard InChI is InChI=1S/C16H14FNO2/c1-20-15-11-13(17)8-9-14(15)18-16(19)10-7-12-5-3-2-4-6-12/h2-11H,1H3,(H,18,19)/b10-7+. The van der Waals surface area contributed by atoms with Crippen LogP contribution >= 0.6 is 0 Å². The first-order chi connectivity index (χ1) is 9.69. The van der Waals surface area contributed by atoms with E-state index in [-0.39, 0.29) is 11.7 Å². The third-order valence-corrected chi connectivity index (χ3v) is 2.65. The molecule has 20 heavy (non-hydrogen) atoms. The normalized spacial score (nSPS) is 10.5. The molecule has 0 atom stereocenters. The molecule has 1 amide bonds. The molecule has 3 nitrogen and oxygen atoms in total. The smallest absolute Gasteiger partial charge is 0.248 e. The maximum absolute atomic E-state index is 13.0. The van der Waals surface area contributed by atoms with E-state index < -0.39 is 5.82 Å². The molecule has 0 aliphatic rings. The Labute approximate surface area is 116 Å². The van der Waals surface area contributed by atoms with Gasteiger partial charge in [-0.05, 0) is 23.8 Å². The van der Waals surface area contributed by atoms with Crippen molar-refractivity contribution in [1.29, 1.82) is 0 Å². The van der Waals surface area contributed by atoms with Crippen LogP contribution in [0.4, 0.5) is 10.1 Å². The van der Waals surface area contributed by atoms with Gasteiger partial charge in [-0.1, -0.05) is 30.3 Å². The molecular formula is C16H14FNO2. The molecule has 0 bridgehead atoms. The maximum atomic E-state index is 13.0. The van der Waals surface area contributed by atoms with Crippen LogP contribution in [0.2, 0.25) is 0 Å². The van der Waals surface area contributed by atoms with Crippen LogP contribution in [-0.4, -0.2) is 13.0 Å². The zero-order valence-electron chi connectivity index (χ0n) is 11.0. The van der Waals surface area contributed by atoms with Crippen LogP contribution in [0.3, 0.4) is 0 Å². The Bertz CT molecular complexity index is 624. The van der Waals surface area contributed by atoms with E-state index in [0.717, 1.165) is 5.56 Å². The van der Waals surface area contributed by atoms with Crippen LogP contribution in [0, 0.1) is 5.82 Å². The van der Waals surface area contributed by atoms with Crippen molar-refractivity contribution in [2.75, 3.05) is 12.4 Å². The van der Waals surface area contributed by atoms with Crippen LogP contribution in [0.25, 0.3) is 6.08 Å². The molecule has 4 heteroatoms. The second-order valence-corrected chi connectivity index (χ2v) is 4.08. The predicted octanol–water partition coefficient (Wildman–Crippen LogP) is 3.49. The van der Waals surface area contributed by atoms with Gasteiger partial charge in [0.15, 0.2) is 0 Å². The highest BCUT2D eigenvalue weighted by Gasteiger charge is 2.06. The zero-order chi connectivity index (χ0) is 14.4. The summed E-state index contributed by atoms with van der Waals surface area (Å²) in [5.74, 6) is -0.440. The van der Waals surface area contributed by atoms with Gasteiger partial charge in [-0.3, -0.25) is 4.79 Å². The number of benzene rings is 2. The van der Waals surface area contributed by atoms with Gasteiger partial charge in [0.25, 0.3) is 0 Å². The lowest BCUT2D eigenvalue weighted by molar-refractivity contribution is -0.111. The van der Waals surface area contributed by atoms with E-state index >= 15 is 0 Å². The van der Waals surface area contributed by atoms with E-state index in [0.29, 0.717) is 5.69 Å². The Morgan fingerprint density at radius 3 is 2.65 bits per heavy atom. The first kappa shape index (κ1) is 13.8. The van der Waals surface area contributed by atoms with Gasteiger partial charge >= 0.3 is 0 Å². The molecule has 102 valence electrons. The fourth-order valence-corrected chi connectivity index (χ4v) is 1.68. The molecule has 0 aliphatic heterocycles. The van der Waals surface area contributed by atoms with Crippen molar-refractivity contribution in [3.05, 3.63) is 66.0 Å². The molecule has 0 heterocycles. The number of methoxy groups -OCH3 is 1. The maximum Gasteiger partial charge on any atom is 0.248 e. The molecule has 2 aromatic rings. The first-order valence-electron chi connectivity index (χ1n) is 6.06. The number of carbonyl (C=O) groups excluding carboxylic acids is 1. The van der Waals surface area contributed by atoms with E-state index in [9.17, 15) is 9.18 Å². The Morgan fingerprint density at radius 2 is 1.95 bits per heavy atom. The summed E-state index contributed by atoms with van der Waals surface area (Å²) in [5.41, 5.74) is 1.35. The molecular weight excluding hydrogens is 257 g/mol. The number of ether oxygens (including phenoxy) is 1. The molecule has 0 radical (unpaired) electrons. The van der Waals surface area contributed by atoms with Crippen molar-refractivity contribution < 1.29 is 13.9 Å². The van der Waals surface area contributed by atoms with Gasteiger partial charge in [0.05, 0.1) is 12.8 Å². The van der Waals surface area contributed by atoms with Crippen molar-refractivity contribution in [3.63, 3.8) is 0 Å². The largest absolute Gasteiger partial charge is 0.494 e. The Morgan fingerprint density at radius 1 is 1.20 bits per heavy atom. The average molecular weight is 271 g/mol. The van der Waals surface area contributed by atoms with E-state index in [4.69, 9.17) is 4.74 Å². The lowest BCUT2D eigenvalue weighted by Gasteiger charge is -2.08. The molecule has 0 unspecified atom stereocenters. The fraction of sp³-hybridized carbons (Fsp3) is 0.0625. The average Bonchev–Trinajstić information content (AvgIpc) is 2.48. The van der Waals surface area contributed by atoms with Gasteiger partial charge in [-0.15, -0.1) is 0 Å². The van der Waals surface area contributed by atoms with Gasteiger partial charge in [0.1, 0.15) is 11.6 Å². The zero-order valence-corrected chi connectivity index (χ0v) is 11.0. The molecule has 2 aromatic carbocycles. The number of amides is 1. The topological polar surface area (TPSA) is 38.3 Å². The predicted molar refractivity (Wildman–Crippen MR) is 77.1 cm³/mol. The number of hydrogen-bond donors (Lipinski definition) is 1. The molecule has 0 aromatic heterocycles. The van der Waals surface area contributed by atoms with Gasteiger partial charge in [-0.25, -0.2) is 4.39 Å². The first-order valence-corrected chi connectivity index (χ1v) is 6.06. The van der Waals surface area contributed by atoms with Crippen molar-refractivity contribution in [2.24, 2.45) is 0 Å². The molecule has 0 fully saturated rings. The summed E-state index contributed by atoms with van der Waals surface area (Å²) in [6.07, 6.45) is 3.11. The van der Waals surface area contributed by atoms with Gasteiger partial charge in [-0.2, -0.15) is 0 Å². The van der Waals surface area contributed by atoms with E-state index in [1.165, 1.54) is 31.4 Å². The summed E-state index contributed by atoms with van der Waals surface area (Å²) >= 11 is 0. The van der Waals surface area contributed by atoms with Crippen molar-refractivity contribution in [2.45, 2.75) is 0 Å². The SMILES string of the molecule is COc1cc(F)ccc1NC(=O)/C=C/c1ccccc1. The lowest BCUT2D eigenvalue weighted by Crippen LogP contribution is -2.09. The summed E-state index contributed by atoms with van der Waals surface area (Å²) in [5, 5.41) is 2.64. The van der Waals surface area contributed by atoms with Gasteiger partial charge in [0.2, 0.25) is 5.91 Å². The monoisotopic (exact) mass is 271 g/mol. The van der Waals surface area contributed by atoms with E-state index in [2.05, 4.69) is 5.32 Å². The number of nitrogens with one attached hydrogen (secondary N) is 1. The van der Waals surface area contributed by atoms with Crippen LogP contribution in [0.15, 0.2) is 54.6 Å². The number of hydrogen-bond acceptors (Lipinski definition) is 2. The number of anilines is 1. The van der Waals surface area contributed by atoms with Crippen molar-refractivity contribution >= 4 is 17.7 Å². The highest BCUT2D eigenvalue weighted by atomic mass is 19.1. The minimum absolute atomic E-state index is 0.284. The van der Waals surface area contributed by atoms with Crippen LogP contribution in [0.1, 0.15) is 5.56 Å². The molecule has 1 N–H and O–H groups in total. The number of halogens is 1. The summed E-state index contributed by atoms with van der Waals surface area (Å²) in [4.78, 5) is 11.8. The minimum Gasteiger partial charge on any atom is -0.494 e. The van der Waals surface area contributed by atoms with Crippen LogP contribution in [0.5, 0.6) is 5.75 Å². The molecule has 2 rings (SSSR count). The third kappa shape index (κ3) is 3.68. The lowest BCUT2D eigenvalue weighted by atomic mass is 10.2. The third-order valence-electron chi connectivity index (χ3n) is 2.65. The number of carbonyl (C=O) groups is 1. The van der Waals surface area contributed by atoms with Crippen LogP contribution < -0.4 is 10.1 Å². The summed E-state index contributed by atoms with van der Waals surface area (Å²) < 4.78 is 18.0. The summed E-state index contributed by atoms with van der Waals surface area (Å²) in [6, 6.07) is 13.4. The minimum atomic E-state index is -0.417. The van der Waals surface area contributed by atoms with Gasteiger partial charge < -0.3 is 10.1 Å². The van der Waals surface area contributed by atoms with Crippen LogP contribution in [-0.2, 0) is 4.79 Å². The second-order valence-electron chi connectivity index (χ2n) is 4.08. The number of rotatable bonds is 4.